The zero-order valence-electron chi connectivity index (χ0n) is 26.4. The maximum absolute atomic E-state index is 5.10. The molecule has 0 N–H and O–H groups in total. The van der Waals surface area contributed by atoms with Gasteiger partial charge in [0, 0.05) is 21.0 Å². The van der Waals surface area contributed by atoms with Crippen molar-refractivity contribution in [1.29, 1.82) is 0 Å². The third kappa shape index (κ3) is 3.97. The molecule has 4 saturated carbocycles. The molecule has 10 rings (SSSR count). The van der Waals surface area contributed by atoms with Crippen molar-refractivity contribution < 1.29 is 0 Å². The second kappa shape index (κ2) is 10.1. The van der Waals surface area contributed by atoms with E-state index in [9.17, 15) is 0 Å². The van der Waals surface area contributed by atoms with Crippen molar-refractivity contribution in [3.8, 4) is 44.8 Å². The number of hydrogen-bond donors (Lipinski definition) is 0. The van der Waals surface area contributed by atoms with Crippen LogP contribution in [0.5, 0.6) is 0 Å². The van der Waals surface area contributed by atoms with Gasteiger partial charge < -0.3 is 0 Å². The highest BCUT2D eigenvalue weighted by atomic mass is 79.9. The van der Waals surface area contributed by atoms with E-state index >= 15 is 0 Å². The molecule has 1 aromatic heterocycles. The Morgan fingerprint density at radius 2 is 1.06 bits per heavy atom. The van der Waals surface area contributed by atoms with E-state index in [1.807, 2.05) is 0 Å². The van der Waals surface area contributed by atoms with Gasteiger partial charge in [-0.1, -0.05) is 131 Å². The van der Waals surface area contributed by atoms with Crippen LogP contribution in [0.2, 0.25) is 0 Å². The van der Waals surface area contributed by atoms with Crippen LogP contribution in [-0.2, 0) is 10.8 Å². The molecule has 4 aliphatic rings. The summed E-state index contributed by atoms with van der Waals surface area (Å²) in [6.45, 7) is 0. The van der Waals surface area contributed by atoms with E-state index in [0.717, 1.165) is 34.4 Å². The highest BCUT2D eigenvalue weighted by molar-refractivity contribution is 9.10. The van der Waals surface area contributed by atoms with Gasteiger partial charge in [-0.2, -0.15) is 0 Å². The molecule has 4 aliphatic carbocycles. The van der Waals surface area contributed by atoms with Crippen LogP contribution in [-0.4, -0.2) is 4.98 Å². The van der Waals surface area contributed by atoms with Crippen molar-refractivity contribution in [1.82, 2.24) is 4.98 Å². The van der Waals surface area contributed by atoms with E-state index in [1.54, 1.807) is 11.1 Å². The van der Waals surface area contributed by atoms with E-state index in [0.29, 0.717) is 16.2 Å². The van der Waals surface area contributed by atoms with Crippen LogP contribution in [0.4, 0.5) is 0 Å². The van der Waals surface area contributed by atoms with E-state index in [1.165, 1.54) is 58.8 Å². The smallest absolute Gasteiger partial charge is 0.0715 e. The third-order valence-electron chi connectivity index (χ3n) is 12.8. The van der Waals surface area contributed by atoms with Crippen molar-refractivity contribution in [3.63, 3.8) is 0 Å². The lowest BCUT2D eigenvalue weighted by molar-refractivity contribution is -0.199. The Morgan fingerprint density at radius 1 is 0.489 bits per heavy atom. The van der Waals surface area contributed by atoms with Crippen LogP contribution >= 0.6 is 15.9 Å². The summed E-state index contributed by atoms with van der Waals surface area (Å²) in [5.74, 6) is 1.84. The summed E-state index contributed by atoms with van der Waals surface area (Å²) >= 11 is 3.67. The lowest BCUT2D eigenvalue weighted by Gasteiger charge is -2.73. The Bertz CT molecular complexity index is 2080. The predicted molar refractivity (Wildman–Crippen MR) is 196 cm³/mol. The number of rotatable bonds is 6. The number of fused-ring (bicyclic) bond motifs is 1. The SMILES string of the molecule is Brc1ccc(C23CC4CC5CC(c6ccc(-c7cccc(-c8cc(-c9ccccc9)nc(-c9ccccc9)c8)c7)cc6)(C2)C45C3)cc1. The largest absolute Gasteiger partial charge is 0.248 e. The highest BCUT2D eigenvalue weighted by Crippen LogP contribution is 2.89. The minimum atomic E-state index is 0.352. The van der Waals surface area contributed by atoms with Gasteiger partial charge >= 0.3 is 0 Å². The van der Waals surface area contributed by atoms with Crippen molar-refractivity contribution in [2.45, 2.75) is 42.9 Å². The van der Waals surface area contributed by atoms with Crippen LogP contribution in [0.15, 0.2) is 150 Å². The molecule has 1 heterocycles. The number of aromatic nitrogens is 1. The molecule has 5 atom stereocenters. The van der Waals surface area contributed by atoms with Gasteiger partial charge in [0.25, 0.3) is 0 Å². The lowest BCUT2D eigenvalue weighted by Crippen LogP contribution is -2.69. The fourth-order valence-electron chi connectivity index (χ4n) is 10.9. The summed E-state index contributed by atoms with van der Waals surface area (Å²) in [6.07, 6.45) is 6.94. The number of pyridine rings is 1. The average molecular weight is 671 g/mol. The van der Waals surface area contributed by atoms with Gasteiger partial charge in [-0.05, 0) is 118 Å². The van der Waals surface area contributed by atoms with Crippen molar-refractivity contribution in [2.75, 3.05) is 0 Å². The third-order valence-corrected chi connectivity index (χ3v) is 13.3. The molecule has 228 valence electrons. The van der Waals surface area contributed by atoms with Gasteiger partial charge in [-0.25, -0.2) is 4.98 Å². The molecule has 5 unspecified atom stereocenters. The molecular formula is C45H36BrN. The summed E-state index contributed by atoms with van der Waals surface area (Å²) in [6, 6.07) is 53.7. The highest BCUT2D eigenvalue weighted by Gasteiger charge is 2.84. The molecule has 0 saturated heterocycles. The molecule has 4 fully saturated rings. The van der Waals surface area contributed by atoms with Crippen molar-refractivity contribution >= 4 is 15.9 Å². The minimum Gasteiger partial charge on any atom is -0.248 e. The maximum atomic E-state index is 5.10. The topological polar surface area (TPSA) is 12.9 Å². The Kier molecular flexibility index (Phi) is 5.98. The summed E-state index contributed by atoms with van der Waals surface area (Å²) in [7, 11) is 0. The van der Waals surface area contributed by atoms with Crippen LogP contribution in [0.3, 0.4) is 0 Å². The number of hydrogen-bond acceptors (Lipinski definition) is 1. The molecule has 47 heavy (non-hydrogen) atoms. The number of benzene rings is 5. The minimum absolute atomic E-state index is 0.352. The molecule has 0 radical (unpaired) electrons. The summed E-state index contributed by atoms with van der Waals surface area (Å²) in [4.78, 5) is 5.10. The van der Waals surface area contributed by atoms with Crippen LogP contribution in [0.1, 0.15) is 43.2 Å². The lowest BCUT2D eigenvalue weighted by atomic mass is 9.30. The Balaban J connectivity index is 0.993. The van der Waals surface area contributed by atoms with E-state index < -0.39 is 0 Å². The monoisotopic (exact) mass is 669 g/mol. The summed E-state index contributed by atoms with van der Waals surface area (Å²) < 4.78 is 1.18. The normalized spacial score (nSPS) is 27.9. The molecule has 2 heteroatoms. The second-order valence-electron chi connectivity index (χ2n) is 14.8. The standard InChI is InChI=1S/C45H36BrN/c46-40-20-18-36(19-21-40)43-26-38-25-39-27-44(28-43,45(38,39)29-43)37-16-14-30(15-17-37)33-12-7-13-34(22-33)35-23-41(31-8-3-1-4-9-31)47-42(24-35)32-10-5-2-6-11-32/h1-24,38-39H,25-29H2. The molecule has 2 bridgehead atoms. The molecule has 6 aromatic rings. The average Bonchev–Trinajstić information content (AvgIpc) is 3.60. The fraction of sp³-hybridized carbons (Fsp3) is 0.222. The number of nitrogens with zero attached hydrogens (tertiary/aromatic N) is 1. The zero-order chi connectivity index (χ0) is 31.2. The van der Waals surface area contributed by atoms with Gasteiger partial charge in [0.05, 0.1) is 11.4 Å². The molecule has 5 aromatic carbocycles. The van der Waals surface area contributed by atoms with Gasteiger partial charge in [0.2, 0.25) is 0 Å². The van der Waals surface area contributed by atoms with Crippen LogP contribution in [0, 0.1) is 17.3 Å². The first-order valence-corrected chi connectivity index (χ1v) is 18.0. The van der Waals surface area contributed by atoms with Gasteiger partial charge in [-0.15, -0.1) is 0 Å². The van der Waals surface area contributed by atoms with E-state index in [-0.39, 0.29) is 0 Å². The first-order valence-electron chi connectivity index (χ1n) is 17.2. The van der Waals surface area contributed by atoms with Crippen molar-refractivity contribution in [3.05, 3.63) is 161 Å². The van der Waals surface area contributed by atoms with E-state index in [4.69, 9.17) is 4.98 Å². The fourth-order valence-corrected chi connectivity index (χ4v) is 11.2. The predicted octanol–water partition coefficient (Wildman–Crippen LogP) is 11.9. The van der Waals surface area contributed by atoms with Crippen LogP contribution < -0.4 is 0 Å². The first-order chi connectivity index (χ1) is 23.1. The second-order valence-corrected chi connectivity index (χ2v) is 15.7. The molecule has 1 nitrogen and oxygen atoms in total. The molecule has 1 spiro atoms. The summed E-state index contributed by atoms with van der Waals surface area (Å²) in [5, 5.41) is 0. The first kappa shape index (κ1) is 27.8. The zero-order valence-corrected chi connectivity index (χ0v) is 28.0. The molecule has 0 amide bonds. The quantitative estimate of drug-likeness (QED) is 0.172. The number of halogens is 1. The maximum Gasteiger partial charge on any atom is 0.0715 e. The van der Waals surface area contributed by atoms with Crippen molar-refractivity contribution in [2.24, 2.45) is 17.3 Å². The summed E-state index contributed by atoms with van der Waals surface area (Å²) in [5.41, 5.74) is 13.6. The van der Waals surface area contributed by atoms with Gasteiger partial charge in [0.15, 0.2) is 0 Å². The van der Waals surface area contributed by atoms with Gasteiger partial charge in [-0.3, -0.25) is 0 Å². The Labute approximate surface area is 285 Å². The Hall–Kier alpha value is -4.27. The van der Waals surface area contributed by atoms with Crippen LogP contribution in [0.25, 0.3) is 44.8 Å². The Morgan fingerprint density at radius 3 is 1.70 bits per heavy atom. The molecule has 0 aliphatic heterocycles. The van der Waals surface area contributed by atoms with Gasteiger partial charge in [0.1, 0.15) is 0 Å². The molecular weight excluding hydrogens is 634 g/mol. The van der Waals surface area contributed by atoms with E-state index in [2.05, 4.69) is 162 Å².